The van der Waals surface area contributed by atoms with Gasteiger partial charge in [0.2, 0.25) is 0 Å². The van der Waals surface area contributed by atoms with Crippen LogP contribution in [0.25, 0.3) is 0 Å². The summed E-state index contributed by atoms with van der Waals surface area (Å²) in [4.78, 5) is 24.5. The van der Waals surface area contributed by atoms with Crippen molar-refractivity contribution in [2.45, 2.75) is 60.2 Å². The summed E-state index contributed by atoms with van der Waals surface area (Å²) < 4.78 is 20.4. The maximum absolute atomic E-state index is 12.2. The molecule has 0 aromatic rings. The number of ether oxygens (including phenoxy) is 4. The van der Waals surface area contributed by atoms with Gasteiger partial charge in [-0.2, -0.15) is 0 Å². The van der Waals surface area contributed by atoms with E-state index in [2.05, 4.69) is 0 Å². The monoisotopic (exact) mass is 328 g/mol. The van der Waals surface area contributed by atoms with E-state index in [0.29, 0.717) is 12.8 Å². The SMILES string of the molecule is CC(C)(C)CCOC(=O)C1(C(=O)OCCC(C)(C)C)OC=CO1. The Labute approximate surface area is 138 Å². The number of carbonyl (C=O) groups is 2. The highest BCUT2D eigenvalue weighted by molar-refractivity contribution is 6.02. The second kappa shape index (κ2) is 7.23. The third-order valence-electron chi connectivity index (χ3n) is 3.23. The van der Waals surface area contributed by atoms with Crippen LogP contribution in [-0.4, -0.2) is 30.9 Å². The third-order valence-corrected chi connectivity index (χ3v) is 3.23. The second-order valence-corrected chi connectivity index (χ2v) is 8.02. The molecule has 6 nitrogen and oxygen atoms in total. The molecule has 0 aromatic carbocycles. The molecule has 0 saturated heterocycles. The molecule has 1 rings (SSSR count). The van der Waals surface area contributed by atoms with Gasteiger partial charge in [0, 0.05) is 0 Å². The zero-order valence-corrected chi connectivity index (χ0v) is 14.9. The average molecular weight is 328 g/mol. The predicted molar refractivity (Wildman–Crippen MR) is 84.1 cm³/mol. The van der Waals surface area contributed by atoms with Gasteiger partial charge in [0.05, 0.1) is 13.2 Å². The van der Waals surface area contributed by atoms with Crippen LogP contribution in [-0.2, 0) is 28.5 Å². The number of hydrogen-bond acceptors (Lipinski definition) is 6. The molecule has 23 heavy (non-hydrogen) atoms. The lowest BCUT2D eigenvalue weighted by Crippen LogP contribution is -2.50. The zero-order chi connectivity index (χ0) is 17.7. The molecule has 0 N–H and O–H groups in total. The van der Waals surface area contributed by atoms with Crippen molar-refractivity contribution < 1.29 is 28.5 Å². The minimum Gasteiger partial charge on any atom is -0.459 e. The minimum atomic E-state index is -2.17. The van der Waals surface area contributed by atoms with Crippen molar-refractivity contribution in [1.82, 2.24) is 0 Å². The molecule has 132 valence electrons. The van der Waals surface area contributed by atoms with Crippen LogP contribution >= 0.6 is 0 Å². The van der Waals surface area contributed by atoms with E-state index in [1.54, 1.807) is 0 Å². The van der Waals surface area contributed by atoms with Crippen LogP contribution in [0.1, 0.15) is 54.4 Å². The van der Waals surface area contributed by atoms with Gasteiger partial charge in [-0.1, -0.05) is 41.5 Å². The van der Waals surface area contributed by atoms with Crippen LogP contribution in [0.5, 0.6) is 0 Å². The molecule has 0 aromatic heterocycles. The lowest BCUT2D eigenvalue weighted by atomic mass is 9.93. The highest BCUT2D eigenvalue weighted by Crippen LogP contribution is 2.26. The summed E-state index contributed by atoms with van der Waals surface area (Å²) in [5.41, 5.74) is 0.0204. The Morgan fingerprint density at radius 3 is 1.48 bits per heavy atom. The molecule has 0 spiro atoms. The first-order valence-corrected chi connectivity index (χ1v) is 7.81. The van der Waals surface area contributed by atoms with Crippen molar-refractivity contribution in [1.29, 1.82) is 0 Å². The average Bonchev–Trinajstić information content (AvgIpc) is 2.85. The van der Waals surface area contributed by atoms with E-state index in [1.165, 1.54) is 0 Å². The molecule has 0 aliphatic carbocycles. The van der Waals surface area contributed by atoms with Crippen molar-refractivity contribution in [3.63, 3.8) is 0 Å². The van der Waals surface area contributed by atoms with Crippen molar-refractivity contribution in [2.75, 3.05) is 13.2 Å². The summed E-state index contributed by atoms with van der Waals surface area (Å²) in [6.45, 7) is 12.5. The summed E-state index contributed by atoms with van der Waals surface area (Å²) in [6.07, 6.45) is 3.58. The summed E-state index contributed by atoms with van der Waals surface area (Å²) in [5, 5.41) is 0. The lowest BCUT2D eigenvalue weighted by Gasteiger charge is -2.25. The molecule has 1 aliphatic rings. The molecule has 0 radical (unpaired) electrons. The highest BCUT2D eigenvalue weighted by atomic mass is 16.8. The third kappa shape index (κ3) is 6.12. The van der Waals surface area contributed by atoms with Crippen LogP contribution in [0.3, 0.4) is 0 Å². The van der Waals surface area contributed by atoms with Gasteiger partial charge in [-0.25, -0.2) is 9.59 Å². The van der Waals surface area contributed by atoms with E-state index in [9.17, 15) is 9.59 Å². The van der Waals surface area contributed by atoms with Crippen LogP contribution in [0.2, 0.25) is 0 Å². The van der Waals surface area contributed by atoms with Gasteiger partial charge >= 0.3 is 17.7 Å². The van der Waals surface area contributed by atoms with Gasteiger partial charge in [0.25, 0.3) is 0 Å². The Balaban J connectivity index is 2.60. The molecule has 0 unspecified atom stereocenters. The topological polar surface area (TPSA) is 71.1 Å². The van der Waals surface area contributed by atoms with E-state index < -0.39 is 17.7 Å². The first-order valence-electron chi connectivity index (χ1n) is 7.81. The molecule has 1 heterocycles. The number of esters is 2. The van der Waals surface area contributed by atoms with Gasteiger partial charge in [-0.05, 0) is 23.7 Å². The smallest absolute Gasteiger partial charge is 0.452 e. The van der Waals surface area contributed by atoms with Crippen LogP contribution in [0.15, 0.2) is 12.5 Å². The standard InChI is InChI=1S/C17H28O6/c1-15(2,3)7-9-20-13(18)17(22-11-12-23-17)14(19)21-10-8-16(4,5)6/h11-12H,7-10H2,1-6H3. The van der Waals surface area contributed by atoms with Crippen molar-refractivity contribution in [2.24, 2.45) is 10.8 Å². The van der Waals surface area contributed by atoms with E-state index in [0.717, 1.165) is 12.5 Å². The summed E-state index contributed by atoms with van der Waals surface area (Å²) >= 11 is 0. The Morgan fingerprint density at radius 1 is 0.826 bits per heavy atom. The Kier molecular flexibility index (Phi) is 6.08. The van der Waals surface area contributed by atoms with E-state index >= 15 is 0 Å². The zero-order valence-electron chi connectivity index (χ0n) is 14.9. The summed E-state index contributed by atoms with van der Waals surface area (Å²) in [5.74, 6) is -3.96. The first-order chi connectivity index (χ1) is 10.5. The van der Waals surface area contributed by atoms with Crippen LogP contribution < -0.4 is 0 Å². The molecule has 0 saturated carbocycles. The molecular weight excluding hydrogens is 300 g/mol. The number of carbonyl (C=O) groups excluding carboxylic acids is 2. The van der Waals surface area contributed by atoms with E-state index in [1.807, 2.05) is 41.5 Å². The molecule has 0 amide bonds. The minimum absolute atomic E-state index is 0.0102. The van der Waals surface area contributed by atoms with Gasteiger partial charge in [-0.3, -0.25) is 0 Å². The second-order valence-electron chi connectivity index (χ2n) is 8.02. The maximum atomic E-state index is 12.2. The quantitative estimate of drug-likeness (QED) is 0.551. The maximum Gasteiger partial charge on any atom is 0.452 e. The highest BCUT2D eigenvalue weighted by Gasteiger charge is 2.56. The fourth-order valence-electron chi connectivity index (χ4n) is 1.64. The Hall–Kier alpha value is -1.72. The van der Waals surface area contributed by atoms with Gasteiger partial charge in [0.1, 0.15) is 12.5 Å². The van der Waals surface area contributed by atoms with E-state index in [4.69, 9.17) is 18.9 Å². The molecule has 0 bridgehead atoms. The van der Waals surface area contributed by atoms with Gasteiger partial charge in [0.15, 0.2) is 0 Å². The van der Waals surface area contributed by atoms with Crippen molar-refractivity contribution in [3.05, 3.63) is 12.5 Å². The molecular formula is C17H28O6. The normalized spacial score (nSPS) is 16.4. The van der Waals surface area contributed by atoms with Gasteiger partial charge in [-0.15, -0.1) is 0 Å². The summed E-state index contributed by atoms with van der Waals surface area (Å²) in [7, 11) is 0. The van der Waals surface area contributed by atoms with Gasteiger partial charge < -0.3 is 18.9 Å². The fourth-order valence-corrected chi connectivity index (χ4v) is 1.64. The van der Waals surface area contributed by atoms with Crippen molar-refractivity contribution in [3.8, 4) is 0 Å². The Morgan fingerprint density at radius 2 is 1.17 bits per heavy atom. The molecule has 0 atom stereocenters. The largest absolute Gasteiger partial charge is 0.459 e. The first kappa shape index (κ1) is 19.3. The lowest BCUT2D eigenvalue weighted by molar-refractivity contribution is -0.217. The van der Waals surface area contributed by atoms with E-state index in [-0.39, 0.29) is 24.0 Å². The van der Waals surface area contributed by atoms with Crippen LogP contribution in [0, 0.1) is 10.8 Å². The predicted octanol–water partition coefficient (Wildman–Crippen LogP) is 3.16. The molecule has 0 fully saturated rings. The number of hydrogen-bond donors (Lipinski definition) is 0. The van der Waals surface area contributed by atoms with Crippen LogP contribution in [0.4, 0.5) is 0 Å². The van der Waals surface area contributed by atoms with Crippen molar-refractivity contribution >= 4 is 11.9 Å². The molecule has 1 aliphatic heterocycles. The molecule has 6 heteroatoms. The summed E-state index contributed by atoms with van der Waals surface area (Å²) in [6, 6.07) is 0. The fraction of sp³-hybridized carbons (Fsp3) is 0.765. The Bertz CT molecular complexity index is 411. The number of rotatable bonds is 6.